The molecule has 1 rings (SSSR count). The molecule has 11 heavy (non-hydrogen) atoms. The largest absolute Gasteiger partial charge is 0.175 e. The molecule has 58 valence electrons. The Morgan fingerprint density at radius 3 is 2.55 bits per heavy atom. The molecule has 0 aromatic heterocycles. The van der Waals surface area contributed by atoms with Gasteiger partial charge in [0.2, 0.25) is 0 Å². The van der Waals surface area contributed by atoms with Crippen LogP contribution < -0.4 is 5.19 Å². The Bertz CT molecular complexity index is 220. The minimum Gasteiger partial charge on any atom is -0.165 e. The zero-order valence-corrected chi connectivity index (χ0v) is 8.24. The molecule has 0 radical (unpaired) electrons. The van der Waals surface area contributed by atoms with Gasteiger partial charge in [-0.05, 0) is 11.2 Å². The molecule has 0 bridgehead atoms. The van der Waals surface area contributed by atoms with Crippen molar-refractivity contribution >= 4 is 24.4 Å². The van der Waals surface area contributed by atoms with Gasteiger partial charge >= 0.3 is 0 Å². The fourth-order valence-electron chi connectivity index (χ4n) is 0.944. The third-order valence-electron chi connectivity index (χ3n) is 1.53. The van der Waals surface area contributed by atoms with E-state index in [1.165, 1.54) is 5.19 Å². The fraction of sp³-hybridized carbons (Fsp3) is 0.111. The normalized spacial score (nSPS) is 12.5. The molecule has 0 aliphatic rings. The second kappa shape index (κ2) is 4.37. The van der Waals surface area contributed by atoms with Gasteiger partial charge in [-0.3, -0.25) is 0 Å². The lowest BCUT2D eigenvalue weighted by Gasteiger charge is -2.02. The highest BCUT2D eigenvalue weighted by atomic mass is 35.6. The van der Waals surface area contributed by atoms with Crippen molar-refractivity contribution in [3.63, 3.8) is 0 Å². The summed E-state index contributed by atoms with van der Waals surface area (Å²) in [7, 11) is -1.21. The quantitative estimate of drug-likeness (QED) is 0.382. The van der Waals surface area contributed by atoms with Crippen LogP contribution in [-0.4, -0.2) is 8.11 Å². The van der Waals surface area contributed by atoms with Crippen LogP contribution in [0.1, 0.15) is 0 Å². The molecular weight excluding hydrogens is 172 g/mol. The van der Waals surface area contributed by atoms with E-state index in [-0.39, 0.29) is 0 Å². The lowest BCUT2D eigenvalue weighted by Crippen LogP contribution is -2.22. The summed E-state index contributed by atoms with van der Waals surface area (Å²) in [5.41, 5.74) is 0. The fourth-order valence-corrected chi connectivity index (χ4v) is 2.96. The molecule has 1 aromatic rings. The SMILES string of the molecule is C=CC[SiH](Cl)c1ccccc1. The van der Waals surface area contributed by atoms with E-state index in [0.29, 0.717) is 0 Å². The van der Waals surface area contributed by atoms with E-state index < -0.39 is 8.11 Å². The van der Waals surface area contributed by atoms with Crippen LogP contribution in [-0.2, 0) is 0 Å². The van der Waals surface area contributed by atoms with Gasteiger partial charge in [-0.25, -0.2) is 0 Å². The summed E-state index contributed by atoms with van der Waals surface area (Å²) in [6, 6.07) is 11.2. The molecular formula is C9H11ClSi. The molecule has 0 spiro atoms. The van der Waals surface area contributed by atoms with E-state index in [2.05, 4.69) is 18.7 Å². The number of hydrogen-bond acceptors (Lipinski definition) is 0. The maximum atomic E-state index is 6.17. The van der Waals surface area contributed by atoms with E-state index in [1.54, 1.807) is 0 Å². The van der Waals surface area contributed by atoms with E-state index in [9.17, 15) is 0 Å². The molecule has 0 fully saturated rings. The number of benzene rings is 1. The van der Waals surface area contributed by atoms with Crippen LogP contribution in [0.25, 0.3) is 0 Å². The Labute approximate surface area is 73.8 Å². The van der Waals surface area contributed by atoms with Gasteiger partial charge in [0.15, 0.2) is 8.11 Å². The highest BCUT2D eigenvalue weighted by Gasteiger charge is 2.05. The minimum absolute atomic E-state index is 0.964. The minimum atomic E-state index is -1.21. The molecule has 1 aromatic carbocycles. The lowest BCUT2D eigenvalue weighted by molar-refractivity contribution is 1.68. The smallest absolute Gasteiger partial charge is 0.165 e. The molecule has 2 heteroatoms. The van der Waals surface area contributed by atoms with E-state index >= 15 is 0 Å². The van der Waals surface area contributed by atoms with Crippen LogP contribution in [0, 0.1) is 0 Å². The molecule has 0 saturated carbocycles. The average Bonchev–Trinajstić information content (AvgIpc) is 2.07. The van der Waals surface area contributed by atoms with Crippen molar-refractivity contribution in [1.29, 1.82) is 0 Å². The van der Waals surface area contributed by atoms with Gasteiger partial charge in [0, 0.05) is 0 Å². The molecule has 0 aliphatic carbocycles. The Hall–Kier alpha value is -0.533. The zero-order chi connectivity index (χ0) is 8.10. The van der Waals surface area contributed by atoms with Crippen LogP contribution in [0.3, 0.4) is 0 Å². The summed E-state index contributed by atoms with van der Waals surface area (Å²) in [6.45, 7) is 3.68. The van der Waals surface area contributed by atoms with Crippen molar-refractivity contribution in [1.82, 2.24) is 0 Å². The Morgan fingerprint density at radius 2 is 2.00 bits per heavy atom. The first kappa shape index (κ1) is 8.56. The van der Waals surface area contributed by atoms with E-state index in [0.717, 1.165) is 6.04 Å². The van der Waals surface area contributed by atoms with Gasteiger partial charge in [-0.2, -0.15) is 11.1 Å². The predicted octanol–water partition coefficient (Wildman–Crippen LogP) is 2.04. The van der Waals surface area contributed by atoms with Crippen molar-refractivity contribution in [3.8, 4) is 0 Å². The first-order valence-corrected chi connectivity index (χ1v) is 6.78. The summed E-state index contributed by atoms with van der Waals surface area (Å²) in [5.74, 6) is 0. The number of rotatable bonds is 3. The Kier molecular flexibility index (Phi) is 3.40. The van der Waals surface area contributed by atoms with Gasteiger partial charge in [-0.1, -0.05) is 36.4 Å². The van der Waals surface area contributed by atoms with Crippen molar-refractivity contribution in [2.24, 2.45) is 0 Å². The molecule has 0 heterocycles. The summed E-state index contributed by atoms with van der Waals surface area (Å²) in [6.07, 6.45) is 1.90. The number of hydrogen-bond donors (Lipinski definition) is 0. The highest BCUT2D eigenvalue weighted by Crippen LogP contribution is 1.99. The molecule has 0 N–H and O–H groups in total. The number of halogens is 1. The molecule has 0 nitrogen and oxygen atoms in total. The van der Waals surface area contributed by atoms with Crippen molar-refractivity contribution in [3.05, 3.63) is 43.0 Å². The maximum Gasteiger partial charge on any atom is 0.175 e. The van der Waals surface area contributed by atoms with Gasteiger partial charge in [-0.15, -0.1) is 6.58 Å². The molecule has 1 atom stereocenters. The van der Waals surface area contributed by atoms with Crippen LogP contribution in [0.15, 0.2) is 43.0 Å². The summed E-state index contributed by atoms with van der Waals surface area (Å²) in [4.78, 5) is 0. The molecule has 0 amide bonds. The number of allylic oxidation sites excluding steroid dienone is 1. The summed E-state index contributed by atoms with van der Waals surface area (Å²) < 4.78 is 0. The monoisotopic (exact) mass is 182 g/mol. The third-order valence-corrected chi connectivity index (χ3v) is 4.68. The van der Waals surface area contributed by atoms with Crippen molar-refractivity contribution < 1.29 is 0 Å². The Balaban J connectivity index is 2.68. The Morgan fingerprint density at radius 1 is 1.36 bits per heavy atom. The van der Waals surface area contributed by atoms with Crippen LogP contribution in [0.4, 0.5) is 0 Å². The standard InChI is InChI=1S/C9H11ClSi/c1-2-8-11(10)9-6-4-3-5-7-9/h2-7,11H,1,8H2. The van der Waals surface area contributed by atoms with Gasteiger partial charge in [0.1, 0.15) is 0 Å². The molecule has 1 unspecified atom stereocenters. The first-order chi connectivity index (χ1) is 5.34. The topological polar surface area (TPSA) is 0 Å². The lowest BCUT2D eigenvalue weighted by atomic mass is 10.4. The average molecular weight is 183 g/mol. The van der Waals surface area contributed by atoms with E-state index in [1.807, 2.05) is 24.3 Å². The molecule has 0 saturated heterocycles. The second-order valence-electron chi connectivity index (χ2n) is 2.40. The van der Waals surface area contributed by atoms with Crippen LogP contribution in [0.5, 0.6) is 0 Å². The van der Waals surface area contributed by atoms with Gasteiger partial charge in [0.05, 0.1) is 0 Å². The maximum absolute atomic E-state index is 6.17. The highest BCUT2D eigenvalue weighted by molar-refractivity contribution is 7.14. The van der Waals surface area contributed by atoms with Crippen LogP contribution in [0.2, 0.25) is 6.04 Å². The predicted molar refractivity (Wildman–Crippen MR) is 54.1 cm³/mol. The second-order valence-corrected chi connectivity index (χ2v) is 6.06. The zero-order valence-electron chi connectivity index (χ0n) is 6.33. The van der Waals surface area contributed by atoms with Gasteiger partial charge < -0.3 is 0 Å². The van der Waals surface area contributed by atoms with E-state index in [4.69, 9.17) is 11.1 Å². The molecule has 0 aliphatic heterocycles. The first-order valence-electron chi connectivity index (χ1n) is 3.64. The van der Waals surface area contributed by atoms with Crippen molar-refractivity contribution in [2.75, 3.05) is 0 Å². The summed E-state index contributed by atoms with van der Waals surface area (Å²) in [5, 5.41) is 1.30. The van der Waals surface area contributed by atoms with Crippen LogP contribution >= 0.6 is 11.1 Å². The summed E-state index contributed by atoms with van der Waals surface area (Å²) >= 11 is 6.17. The van der Waals surface area contributed by atoms with Crippen molar-refractivity contribution in [2.45, 2.75) is 6.04 Å². The van der Waals surface area contributed by atoms with Gasteiger partial charge in [0.25, 0.3) is 0 Å². The third kappa shape index (κ3) is 2.52.